The molecule has 1 atom stereocenters. The lowest BCUT2D eigenvalue weighted by Gasteiger charge is -2.40. The predicted octanol–water partition coefficient (Wildman–Crippen LogP) is 5.74. The lowest BCUT2D eigenvalue weighted by molar-refractivity contribution is 0.0117. The maximum absolute atomic E-state index is 14.4. The zero-order valence-electron chi connectivity index (χ0n) is 24.9. The van der Waals surface area contributed by atoms with Crippen molar-refractivity contribution in [1.82, 2.24) is 34.3 Å². The molecule has 43 heavy (non-hydrogen) atoms. The fourth-order valence-corrected chi connectivity index (χ4v) is 5.40. The molecule has 0 saturated carbocycles. The van der Waals surface area contributed by atoms with E-state index >= 15 is 0 Å². The zero-order valence-corrected chi connectivity index (χ0v) is 25.7. The summed E-state index contributed by atoms with van der Waals surface area (Å²) in [6, 6.07) is 4.31. The van der Waals surface area contributed by atoms with Gasteiger partial charge in [0.1, 0.15) is 52.1 Å². The molecule has 1 fully saturated rings. The van der Waals surface area contributed by atoms with E-state index in [9.17, 15) is 13.6 Å². The molecule has 4 aromatic rings. The van der Waals surface area contributed by atoms with Gasteiger partial charge in [-0.1, -0.05) is 16.8 Å². The zero-order chi connectivity index (χ0) is 31.1. The van der Waals surface area contributed by atoms with E-state index in [-0.39, 0.29) is 23.9 Å². The first-order valence-corrected chi connectivity index (χ1v) is 14.2. The van der Waals surface area contributed by atoms with Gasteiger partial charge < -0.3 is 19.1 Å². The molecule has 0 spiro atoms. The number of ether oxygens (including phenoxy) is 3. The summed E-state index contributed by atoms with van der Waals surface area (Å²) in [5.74, 6) is -1.32. The van der Waals surface area contributed by atoms with Crippen molar-refractivity contribution in [3.05, 3.63) is 58.8 Å². The molecule has 1 unspecified atom stereocenters. The van der Waals surface area contributed by atoms with E-state index in [2.05, 4.69) is 27.2 Å². The smallest absolute Gasteiger partial charge is 0.410 e. The van der Waals surface area contributed by atoms with Crippen LogP contribution in [0.4, 0.5) is 13.6 Å². The Morgan fingerprint density at radius 2 is 1.86 bits per heavy atom. The van der Waals surface area contributed by atoms with Gasteiger partial charge in [0.15, 0.2) is 0 Å². The lowest BCUT2D eigenvalue weighted by atomic mass is 9.89. The Balaban J connectivity index is 1.40. The Bertz CT molecular complexity index is 1640. The number of hydrogen-bond acceptors (Lipinski definition) is 8. The van der Waals surface area contributed by atoms with Gasteiger partial charge in [0, 0.05) is 37.9 Å². The van der Waals surface area contributed by atoms with Crippen LogP contribution in [0.25, 0.3) is 16.9 Å². The molecular weight excluding hydrogens is 584 g/mol. The number of rotatable bonds is 7. The van der Waals surface area contributed by atoms with Gasteiger partial charge in [-0.15, -0.1) is 5.10 Å². The van der Waals surface area contributed by atoms with Crippen molar-refractivity contribution >= 4 is 23.3 Å². The van der Waals surface area contributed by atoms with Crippen molar-refractivity contribution in [2.75, 3.05) is 26.8 Å². The van der Waals surface area contributed by atoms with E-state index in [1.165, 1.54) is 13.3 Å². The molecule has 5 rings (SSSR count). The van der Waals surface area contributed by atoms with Crippen molar-refractivity contribution in [3.63, 3.8) is 0 Å². The molecule has 1 amide bonds. The Morgan fingerprint density at radius 3 is 2.51 bits per heavy atom. The Labute approximate surface area is 252 Å². The predicted molar refractivity (Wildman–Crippen MR) is 154 cm³/mol. The maximum atomic E-state index is 14.4. The van der Waals surface area contributed by atoms with Crippen LogP contribution < -0.4 is 4.74 Å². The third kappa shape index (κ3) is 6.28. The summed E-state index contributed by atoms with van der Waals surface area (Å²) < 4.78 is 48.3. The summed E-state index contributed by atoms with van der Waals surface area (Å²) in [4.78, 5) is 22.5. The summed E-state index contributed by atoms with van der Waals surface area (Å²) in [6.07, 6.45) is 2.52. The molecule has 0 aromatic carbocycles. The molecule has 4 aromatic heterocycles. The monoisotopic (exact) mass is 617 g/mol. The molecule has 0 N–H and O–H groups in total. The summed E-state index contributed by atoms with van der Waals surface area (Å²) >= 11 is 6.42. The number of hydrogen-bond donors (Lipinski definition) is 0. The van der Waals surface area contributed by atoms with Gasteiger partial charge >= 0.3 is 6.09 Å². The van der Waals surface area contributed by atoms with Crippen molar-refractivity contribution in [2.45, 2.75) is 64.7 Å². The number of amides is 1. The second kappa shape index (κ2) is 11.7. The van der Waals surface area contributed by atoms with Crippen molar-refractivity contribution in [1.29, 1.82) is 0 Å². The van der Waals surface area contributed by atoms with Crippen molar-refractivity contribution in [2.24, 2.45) is 0 Å². The highest BCUT2D eigenvalue weighted by Crippen LogP contribution is 2.35. The van der Waals surface area contributed by atoms with E-state index in [0.717, 1.165) is 18.0 Å². The van der Waals surface area contributed by atoms with Gasteiger partial charge in [0.2, 0.25) is 5.88 Å². The van der Waals surface area contributed by atoms with Gasteiger partial charge in [-0.25, -0.2) is 23.2 Å². The number of aromatic nitrogens is 6. The highest BCUT2D eigenvalue weighted by molar-refractivity contribution is 6.29. The minimum absolute atomic E-state index is 0.0854. The normalized spacial score (nSPS) is 16.0. The van der Waals surface area contributed by atoms with Crippen LogP contribution in [-0.4, -0.2) is 72.8 Å². The number of nitrogens with zero attached hydrogens (tertiary/aromatic N) is 7. The number of carbonyl (C=O) groups is 1. The van der Waals surface area contributed by atoms with Crippen molar-refractivity contribution in [3.8, 4) is 17.1 Å². The molecule has 230 valence electrons. The first-order chi connectivity index (χ1) is 20.3. The summed E-state index contributed by atoms with van der Waals surface area (Å²) in [5, 5.41) is 9.32. The second-order valence-electron chi connectivity index (χ2n) is 11.8. The van der Waals surface area contributed by atoms with Crippen LogP contribution in [0, 0.1) is 18.6 Å². The SMILES string of the molecule is COC(COc1cc(-c2nnn(C3(C)CCN(C(=O)OC(C)(C)C)CC3)c2C)cc2ncc(Cl)n12)c1ncc(F)cc1F. The largest absolute Gasteiger partial charge is 0.475 e. The van der Waals surface area contributed by atoms with Gasteiger partial charge in [0.05, 0.1) is 23.6 Å². The highest BCUT2D eigenvalue weighted by atomic mass is 35.5. The minimum Gasteiger partial charge on any atom is -0.475 e. The van der Waals surface area contributed by atoms with E-state index in [1.54, 1.807) is 15.4 Å². The molecule has 14 heteroatoms. The van der Waals surface area contributed by atoms with Gasteiger partial charge in [-0.2, -0.15) is 0 Å². The number of halogens is 3. The van der Waals surface area contributed by atoms with Crippen LogP contribution in [0.2, 0.25) is 5.15 Å². The summed E-state index contributed by atoms with van der Waals surface area (Å²) in [5.41, 5.74) is 1.62. The quantitative estimate of drug-likeness (QED) is 0.258. The number of methoxy groups -OCH3 is 1. The number of pyridine rings is 2. The molecule has 0 radical (unpaired) electrons. The van der Waals surface area contributed by atoms with Crippen LogP contribution in [-0.2, 0) is 15.0 Å². The Kier molecular flexibility index (Phi) is 8.32. The molecule has 1 aliphatic rings. The third-order valence-corrected chi connectivity index (χ3v) is 7.78. The molecule has 11 nitrogen and oxygen atoms in total. The average Bonchev–Trinajstić information content (AvgIpc) is 3.52. The van der Waals surface area contributed by atoms with Gasteiger partial charge in [0.25, 0.3) is 0 Å². The number of carbonyl (C=O) groups excluding carboxylic acids is 1. The highest BCUT2D eigenvalue weighted by Gasteiger charge is 2.37. The van der Waals surface area contributed by atoms with Crippen LogP contribution in [0.15, 0.2) is 30.6 Å². The number of fused-ring (bicyclic) bond motifs is 1. The second-order valence-corrected chi connectivity index (χ2v) is 12.2. The molecule has 1 saturated heterocycles. The van der Waals surface area contributed by atoms with E-state index in [0.29, 0.717) is 53.9 Å². The number of imidazole rings is 1. The fraction of sp³-hybridized carbons (Fsp3) is 0.483. The Hall–Kier alpha value is -3.84. The van der Waals surface area contributed by atoms with Crippen LogP contribution in [0.3, 0.4) is 0 Å². The summed E-state index contributed by atoms with van der Waals surface area (Å²) in [6.45, 7) is 10.5. The third-order valence-electron chi connectivity index (χ3n) is 7.51. The topological polar surface area (TPSA) is 109 Å². The van der Waals surface area contributed by atoms with Gasteiger partial charge in [-0.3, -0.25) is 9.38 Å². The van der Waals surface area contributed by atoms with E-state index < -0.39 is 23.3 Å². The van der Waals surface area contributed by atoms with Crippen LogP contribution >= 0.6 is 11.6 Å². The molecule has 0 bridgehead atoms. The average molecular weight is 618 g/mol. The van der Waals surface area contributed by atoms with Crippen LogP contribution in [0.5, 0.6) is 5.88 Å². The molecule has 5 heterocycles. The standard InChI is InChI=1S/C29H34ClF2N7O4/c1-17-25(35-36-39(17)29(5)7-9-37(10-8-29)27(40)43-28(2,3)4)18-11-23-33-15-22(30)38(23)24(12-18)42-16-21(41-6)26-20(32)13-19(31)14-34-26/h11-15,21H,7-10,16H2,1-6H3. The number of piperidine rings is 1. The molecule has 0 aliphatic carbocycles. The lowest BCUT2D eigenvalue weighted by Crippen LogP contribution is -2.48. The first kappa shape index (κ1) is 30.6. The number of likely N-dealkylation sites (tertiary alicyclic amines) is 1. The van der Waals surface area contributed by atoms with E-state index in [4.69, 9.17) is 25.8 Å². The van der Waals surface area contributed by atoms with E-state index in [1.807, 2.05) is 38.4 Å². The Morgan fingerprint density at radius 1 is 1.14 bits per heavy atom. The van der Waals surface area contributed by atoms with Crippen molar-refractivity contribution < 1.29 is 27.8 Å². The molecular formula is C29H34ClF2N7O4. The molecule has 1 aliphatic heterocycles. The summed E-state index contributed by atoms with van der Waals surface area (Å²) in [7, 11) is 1.38. The first-order valence-electron chi connectivity index (χ1n) is 13.8. The van der Waals surface area contributed by atoms with Crippen LogP contribution in [0.1, 0.15) is 58.0 Å². The fourth-order valence-electron chi connectivity index (χ4n) is 5.19. The van der Waals surface area contributed by atoms with Gasteiger partial charge in [-0.05, 0) is 53.5 Å². The minimum atomic E-state index is -0.921. The maximum Gasteiger partial charge on any atom is 0.410 e.